The number of hydrogen-bond acceptors (Lipinski definition) is 5. The standard InChI is InChI=1S/C31H38N4O2/c36-31(24-33-17-15-30(16-18-33)37-25-27-9-5-2-6-10-27)32-28-11-13-29(14-12-28)35-21-19-34(20-22-35)23-26-7-3-1-4-8-26/h1-14,30H,15-25H2,(H,32,36). The van der Waals surface area contributed by atoms with Crippen LogP contribution in [0.15, 0.2) is 84.9 Å². The quantitative estimate of drug-likeness (QED) is 0.466. The summed E-state index contributed by atoms with van der Waals surface area (Å²) in [6.07, 6.45) is 2.20. The van der Waals surface area contributed by atoms with Crippen molar-refractivity contribution in [3.63, 3.8) is 0 Å². The van der Waals surface area contributed by atoms with Crippen LogP contribution in [0.1, 0.15) is 24.0 Å². The highest BCUT2D eigenvalue weighted by Gasteiger charge is 2.22. The lowest BCUT2D eigenvalue weighted by atomic mass is 10.1. The Morgan fingerprint density at radius 1 is 0.730 bits per heavy atom. The molecule has 1 amide bonds. The molecule has 0 aromatic heterocycles. The first kappa shape index (κ1) is 25.5. The molecule has 1 N–H and O–H groups in total. The van der Waals surface area contributed by atoms with Gasteiger partial charge in [-0.3, -0.25) is 14.6 Å². The minimum atomic E-state index is 0.0472. The number of rotatable bonds is 9. The molecule has 0 radical (unpaired) electrons. The van der Waals surface area contributed by atoms with Crippen LogP contribution in [-0.4, -0.2) is 67.6 Å². The van der Waals surface area contributed by atoms with E-state index in [0.29, 0.717) is 13.2 Å². The first-order valence-corrected chi connectivity index (χ1v) is 13.5. The maximum absolute atomic E-state index is 12.6. The summed E-state index contributed by atoms with van der Waals surface area (Å²) in [6.45, 7) is 8.03. The second kappa shape index (κ2) is 12.9. The zero-order chi connectivity index (χ0) is 25.3. The first-order valence-electron chi connectivity index (χ1n) is 13.5. The second-order valence-corrected chi connectivity index (χ2v) is 10.1. The molecule has 5 rings (SSSR count). The number of carbonyl (C=O) groups excluding carboxylic acids is 1. The molecule has 0 aliphatic carbocycles. The number of hydrogen-bond donors (Lipinski definition) is 1. The Bertz CT molecular complexity index is 1090. The Labute approximate surface area is 220 Å². The highest BCUT2D eigenvalue weighted by atomic mass is 16.5. The number of amides is 1. The summed E-state index contributed by atoms with van der Waals surface area (Å²) in [7, 11) is 0. The van der Waals surface area contributed by atoms with Crippen molar-refractivity contribution in [3.05, 3.63) is 96.1 Å². The van der Waals surface area contributed by atoms with E-state index < -0.39 is 0 Å². The van der Waals surface area contributed by atoms with Crippen LogP contribution in [0, 0.1) is 0 Å². The predicted molar refractivity (Wildman–Crippen MR) is 150 cm³/mol. The largest absolute Gasteiger partial charge is 0.373 e. The number of nitrogens with one attached hydrogen (secondary N) is 1. The van der Waals surface area contributed by atoms with Gasteiger partial charge in [-0.2, -0.15) is 0 Å². The molecule has 2 aliphatic heterocycles. The number of ether oxygens (including phenoxy) is 1. The molecular formula is C31H38N4O2. The summed E-state index contributed by atoms with van der Waals surface area (Å²) in [4.78, 5) is 19.8. The average molecular weight is 499 g/mol. The molecule has 0 spiro atoms. The predicted octanol–water partition coefficient (Wildman–Crippen LogP) is 4.63. The minimum Gasteiger partial charge on any atom is -0.373 e. The Kier molecular flexibility index (Phi) is 8.85. The molecule has 2 aliphatic rings. The van der Waals surface area contributed by atoms with Crippen LogP contribution in [0.3, 0.4) is 0 Å². The van der Waals surface area contributed by atoms with Crippen LogP contribution >= 0.6 is 0 Å². The number of carbonyl (C=O) groups is 1. The van der Waals surface area contributed by atoms with Crippen molar-refractivity contribution in [1.82, 2.24) is 9.80 Å². The van der Waals surface area contributed by atoms with Gasteiger partial charge >= 0.3 is 0 Å². The van der Waals surface area contributed by atoms with Gasteiger partial charge in [-0.25, -0.2) is 0 Å². The molecule has 0 saturated carbocycles. The molecule has 2 fully saturated rings. The first-order chi connectivity index (χ1) is 18.2. The molecule has 0 atom stereocenters. The molecule has 6 heteroatoms. The van der Waals surface area contributed by atoms with E-state index in [-0.39, 0.29) is 12.0 Å². The average Bonchev–Trinajstić information content (AvgIpc) is 2.95. The van der Waals surface area contributed by atoms with Gasteiger partial charge in [0.1, 0.15) is 0 Å². The van der Waals surface area contributed by atoms with Crippen molar-refractivity contribution in [2.24, 2.45) is 0 Å². The van der Waals surface area contributed by atoms with Crippen molar-refractivity contribution in [3.8, 4) is 0 Å². The van der Waals surface area contributed by atoms with E-state index in [1.807, 2.05) is 30.3 Å². The Hall–Kier alpha value is -3.19. The lowest BCUT2D eigenvalue weighted by Gasteiger charge is -2.36. The van der Waals surface area contributed by atoms with Gasteiger partial charge < -0.3 is 15.0 Å². The summed E-state index contributed by atoms with van der Waals surface area (Å²) in [5.41, 5.74) is 4.66. The maximum Gasteiger partial charge on any atom is 0.238 e. The van der Waals surface area contributed by atoms with Crippen molar-refractivity contribution in [2.45, 2.75) is 32.1 Å². The van der Waals surface area contributed by atoms with E-state index in [1.165, 1.54) is 16.8 Å². The van der Waals surface area contributed by atoms with E-state index in [9.17, 15) is 4.79 Å². The SMILES string of the molecule is O=C(CN1CCC(OCc2ccccc2)CC1)Nc1ccc(N2CCN(Cc3ccccc3)CC2)cc1. The van der Waals surface area contributed by atoms with Crippen molar-refractivity contribution >= 4 is 17.3 Å². The van der Waals surface area contributed by atoms with Crippen LogP contribution in [-0.2, 0) is 22.7 Å². The van der Waals surface area contributed by atoms with Gasteiger partial charge in [0, 0.05) is 57.2 Å². The molecule has 3 aromatic rings. The fourth-order valence-corrected chi connectivity index (χ4v) is 5.19. The highest BCUT2D eigenvalue weighted by Crippen LogP contribution is 2.21. The van der Waals surface area contributed by atoms with Gasteiger partial charge in [0.05, 0.1) is 19.3 Å². The Morgan fingerprint density at radius 2 is 1.35 bits per heavy atom. The number of likely N-dealkylation sites (tertiary alicyclic amines) is 1. The fraction of sp³-hybridized carbons (Fsp3) is 0.387. The minimum absolute atomic E-state index is 0.0472. The molecule has 0 bridgehead atoms. The number of nitrogens with zero attached hydrogens (tertiary/aromatic N) is 3. The normalized spacial score (nSPS) is 17.6. The zero-order valence-electron chi connectivity index (χ0n) is 21.6. The zero-order valence-corrected chi connectivity index (χ0v) is 21.6. The smallest absolute Gasteiger partial charge is 0.238 e. The van der Waals surface area contributed by atoms with E-state index in [2.05, 4.69) is 74.6 Å². The molecule has 2 heterocycles. The van der Waals surface area contributed by atoms with Gasteiger partial charge in [-0.1, -0.05) is 60.7 Å². The topological polar surface area (TPSA) is 48.1 Å². The second-order valence-electron chi connectivity index (χ2n) is 10.1. The van der Waals surface area contributed by atoms with Crippen LogP contribution in [0.25, 0.3) is 0 Å². The molecule has 2 saturated heterocycles. The summed E-state index contributed by atoms with van der Waals surface area (Å²) in [6, 6.07) is 29.3. The molecular weight excluding hydrogens is 460 g/mol. The summed E-state index contributed by atoms with van der Waals surface area (Å²) in [5.74, 6) is 0.0472. The lowest BCUT2D eigenvalue weighted by Crippen LogP contribution is -2.45. The molecule has 194 valence electrons. The van der Waals surface area contributed by atoms with Crippen LogP contribution in [0.5, 0.6) is 0 Å². The van der Waals surface area contributed by atoms with Crippen molar-refractivity contribution < 1.29 is 9.53 Å². The Balaban J connectivity index is 1.00. The third-order valence-corrected chi connectivity index (χ3v) is 7.37. The van der Waals surface area contributed by atoms with Gasteiger partial charge in [0.25, 0.3) is 0 Å². The Morgan fingerprint density at radius 3 is 2.00 bits per heavy atom. The number of anilines is 2. The molecule has 6 nitrogen and oxygen atoms in total. The van der Waals surface area contributed by atoms with E-state index in [4.69, 9.17) is 4.74 Å². The van der Waals surface area contributed by atoms with E-state index in [0.717, 1.165) is 64.3 Å². The monoisotopic (exact) mass is 498 g/mol. The third kappa shape index (κ3) is 7.65. The van der Waals surface area contributed by atoms with Gasteiger partial charge in [-0.05, 0) is 48.2 Å². The van der Waals surface area contributed by atoms with E-state index in [1.54, 1.807) is 0 Å². The summed E-state index contributed by atoms with van der Waals surface area (Å²) in [5, 5.41) is 3.07. The van der Waals surface area contributed by atoms with Crippen molar-refractivity contribution in [1.29, 1.82) is 0 Å². The van der Waals surface area contributed by atoms with Crippen molar-refractivity contribution in [2.75, 3.05) is 56.0 Å². The van der Waals surface area contributed by atoms with Gasteiger partial charge in [-0.15, -0.1) is 0 Å². The number of piperidine rings is 1. The fourth-order valence-electron chi connectivity index (χ4n) is 5.19. The third-order valence-electron chi connectivity index (χ3n) is 7.37. The van der Waals surface area contributed by atoms with E-state index >= 15 is 0 Å². The van der Waals surface area contributed by atoms with Gasteiger partial charge in [0.2, 0.25) is 5.91 Å². The van der Waals surface area contributed by atoms with Crippen LogP contribution < -0.4 is 10.2 Å². The van der Waals surface area contributed by atoms with Crippen LogP contribution in [0.4, 0.5) is 11.4 Å². The summed E-state index contributed by atoms with van der Waals surface area (Å²) >= 11 is 0. The van der Waals surface area contributed by atoms with Crippen LogP contribution in [0.2, 0.25) is 0 Å². The number of piperazine rings is 1. The highest BCUT2D eigenvalue weighted by molar-refractivity contribution is 5.92. The van der Waals surface area contributed by atoms with Gasteiger partial charge in [0.15, 0.2) is 0 Å². The maximum atomic E-state index is 12.6. The molecule has 0 unspecified atom stereocenters. The molecule has 37 heavy (non-hydrogen) atoms. The molecule has 3 aromatic carbocycles. The number of benzene rings is 3. The summed E-state index contributed by atoms with van der Waals surface area (Å²) < 4.78 is 6.08. The lowest BCUT2D eigenvalue weighted by molar-refractivity contribution is -0.118.